The van der Waals surface area contributed by atoms with E-state index in [0.29, 0.717) is 27.6 Å². The number of sulfonamides is 1. The van der Waals surface area contributed by atoms with Crippen LogP contribution in [0.4, 0.5) is 0 Å². The fraction of sp³-hybridized carbons (Fsp3) is 0.667. The molecule has 1 aliphatic carbocycles. The molecule has 4 nitrogen and oxygen atoms in total. The van der Waals surface area contributed by atoms with Crippen LogP contribution in [0.2, 0.25) is 0 Å². The maximum Gasteiger partial charge on any atom is 0.252 e. The molecule has 1 aromatic heterocycles. The van der Waals surface area contributed by atoms with Crippen LogP contribution in [-0.4, -0.2) is 25.8 Å². The smallest absolute Gasteiger partial charge is 0.206 e. The Morgan fingerprint density at radius 2 is 1.76 bits per heavy atom. The van der Waals surface area contributed by atoms with E-state index in [1.807, 2.05) is 6.07 Å². The van der Waals surface area contributed by atoms with Gasteiger partial charge in [-0.1, -0.05) is 19.3 Å². The van der Waals surface area contributed by atoms with E-state index < -0.39 is 10.0 Å². The van der Waals surface area contributed by atoms with E-state index in [2.05, 4.69) is 0 Å². The molecule has 3 rings (SSSR count). The van der Waals surface area contributed by atoms with Crippen molar-refractivity contribution in [3.63, 3.8) is 0 Å². The molecular weight excluding hydrogens is 304 g/mol. The Labute approximate surface area is 130 Å². The molecule has 2 heterocycles. The van der Waals surface area contributed by atoms with E-state index in [1.165, 1.54) is 32.1 Å². The van der Waals surface area contributed by atoms with Gasteiger partial charge in [0.1, 0.15) is 15.2 Å². The molecule has 1 saturated carbocycles. The van der Waals surface area contributed by atoms with Gasteiger partial charge in [0.25, 0.3) is 10.0 Å². The van der Waals surface area contributed by atoms with E-state index in [4.69, 9.17) is 5.26 Å². The maximum atomic E-state index is 12.6. The molecule has 0 atom stereocenters. The van der Waals surface area contributed by atoms with Gasteiger partial charge in [-0.2, -0.15) is 9.57 Å². The first-order valence-electron chi connectivity index (χ1n) is 7.56. The Kier molecular flexibility index (Phi) is 4.08. The molecule has 0 N–H and O–H groups in total. The summed E-state index contributed by atoms with van der Waals surface area (Å²) >= 11 is 1.07. The monoisotopic (exact) mass is 324 g/mol. The molecule has 0 amide bonds. The third kappa shape index (κ3) is 2.87. The molecule has 114 valence electrons. The Bertz CT molecular complexity index is 641. The van der Waals surface area contributed by atoms with Gasteiger partial charge in [-0.15, -0.1) is 11.3 Å². The molecule has 0 unspecified atom stereocenters. The molecular formula is C15H20N2O2S2. The summed E-state index contributed by atoms with van der Waals surface area (Å²) in [6.45, 7) is 1.25. The van der Waals surface area contributed by atoms with Crippen LogP contribution in [0.3, 0.4) is 0 Å². The predicted octanol–water partition coefficient (Wildman–Crippen LogP) is 3.35. The zero-order valence-corrected chi connectivity index (χ0v) is 13.7. The van der Waals surface area contributed by atoms with Crippen LogP contribution in [0.15, 0.2) is 16.3 Å². The average Bonchev–Trinajstić information content (AvgIpc) is 2.98. The highest BCUT2D eigenvalue weighted by Crippen LogP contribution is 2.45. The van der Waals surface area contributed by atoms with Gasteiger partial charge in [0.2, 0.25) is 0 Å². The van der Waals surface area contributed by atoms with Gasteiger partial charge in [-0.05, 0) is 43.2 Å². The lowest BCUT2D eigenvalue weighted by Crippen LogP contribution is -2.43. The minimum Gasteiger partial charge on any atom is -0.206 e. The fourth-order valence-electron chi connectivity index (χ4n) is 3.65. The van der Waals surface area contributed by atoms with Gasteiger partial charge in [0.15, 0.2) is 0 Å². The SMILES string of the molecule is N#Cc1ccc(S(=O)(=O)N2CCC3(CCCCC3)CC2)s1. The summed E-state index contributed by atoms with van der Waals surface area (Å²) in [5, 5.41) is 8.84. The number of piperidine rings is 1. The van der Waals surface area contributed by atoms with Crippen LogP contribution in [0.5, 0.6) is 0 Å². The molecule has 6 heteroatoms. The average molecular weight is 324 g/mol. The number of rotatable bonds is 2. The van der Waals surface area contributed by atoms with Crippen molar-refractivity contribution in [3.8, 4) is 6.07 Å². The minimum absolute atomic E-state index is 0.304. The summed E-state index contributed by atoms with van der Waals surface area (Å²) < 4.78 is 27.1. The summed E-state index contributed by atoms with van der Waals surface area (Å²) in [5.41, 5.74) is 0.400. The first kappa shape index (κ1) is 15.0. The first-order chi connectivity index (χ1) is 10.1. The second-order valence-electron chi connectivity index (χ2n) is 6.20. The lowest BCUT2D eigenvalue weighted by molar-refractivity contribution is 0.102. The highest BCUT2D eigenvalue weighted by Gasteiger charge is 2.39. The first-order valence-corrected chi connectivity index (χ1v) is 9.82. The maximum absolute atomic E-state index is 12.6. The van der Waals surface area contributed by atoms with Crippen LogP contribution in [0, 0.1) is 16.7 Å². The molecule has 0 bridgehead atoms. The van der Waals surface area contributed by atoms with Crippen LogP contribution in [0.25, 0.3) is 0 Å². The Morgan fingerprint density at radius 3 is 2.33 bits per heavy atom. The van der Waals surface area contributed by atoms with E-state index in [9.17, 15) is 8.42 Å². The summed E-state index contributed by atoms with van der Waals surface area (Å²) in [4.78, 5) is 0.453. The molecule has 1 aliphatic heterocycles. The van der Waals surface area contributed by atoms with Crippen molar-refractivity contribution < 1.29 is 8.42 Å². The largest absolute Gasteiger partial charge is 0.252 e. The van der Waals surface area contributed by atoms with Crippen molar-refractivity contribution in [1.29, 1.82) is 5.26 Å². The van der Waals surface area contributed by atoms with Gasteiger partial charge in [0, 0.05) is 13.1 Å². The molecule has 1 spiro atoms. The van der Waals surface area contributed by atoms with Crippen molar-refractivity contribution >= 4 is 21.4 Å². The van der Waals surface area contributed by atoms with E-state index in [1.54, 1.807) is 16.4 Å². The zero-order chi connectivity index (χ0) is 14.9. The van der Waals surface area contributed by atoms with Crippen LogP contribution < -0.4 is 0 Å². The topological polar surface area (TPSA) is 61.2 Å². The Morgan fingerprint density at radius 1 is 1.10 bits per heavy atom. The van der Waals surface area contributed by atoms with Gasteiger partial charge in [-0.3, -0.25) is 0 Å². The van der Waals surface area contributed by atoms with Gasteiger partial charge in [-0.25, -0.2) is 8.42 Å². The van der Waals surface area contributed by atoms with Crippen molar-refractivity contribution in [3.05, 3.63) is 17.0 Å². The lowest BCUT2D eigenvalue weighted by Gasteiger charge is -2.43. The van der Waals surface area contributed by atoms with Crippen LogP contribution in [-0.2, 0) is 10.0 Å². The fourth-order valence-corrected chi connectivity index (χ4v) is 6.35. The number of nitrogens with zero attached hydrogens (tertiary/aromatic N) is 2. The summed E-state index contributed by atoms with van der Waals surface area (Å²) in [5.74, 6) is 0. The van der Waals surface area contributed by atoms with Gasteiger partial charge >= 0.3 is 0 Å². The van der Waals surface area contributed by atoms with Crippen molar-refractivity contribution in [2.45, 2.75) is 49.2 Å². The predicted molar refractivity (Wildman–Crippen MR) is 82.5 cm³/mol. The molecule has 21 heavy (non-hydrogen) atoms. The molecule has 2 aliphatic rings. The standard InChI is InChI=1S/C15H20N2O2S2/c16-12-13-4-5-14(20-13)21(18,19)17-10-8-15(9-11-17)6-2-1-3-7-15/h4-5H,1-3,6-11H2. The molecule has 1 saturated heterocycles. The van der Waals surface area contributed by atoms with Gasteiger partial charge < -0.3 is 0 Å². The highest BCUT2D eigenvalue weighted by atomic mass is 32.2. The Balaban J connectivity index is 1.72. The molecule has 2 fully saturated rings. The van der Waals surface area contributed by atoms with Crippen LogP contribution >= 0.6 is 11.3 Å². The van der Waals surface area contributed by atoms with E-state index in [0.717, 1.165) is 24.2 Å². The van der Waals surface area contributed by atoms with E-state index in [-0.39, 0.29) is 0 Å². The Hall–Kier alpha value is -0.900. The summed E-state index contributed by atoms with van der Waals surface area (Å²) in [7, 11) is -3.41. The zero-order valence-electron chi connectivity index (χ0n) is 12.0. The molecule has 0 aromatic carbocycles. The second-order valence-corrected chi connectivity index (χ2v) is 9.44. The van der Waals surface area contributed by atoms with Crippen molar-refractivity contribution in [1.82, 2.24) is 4.31 Å². The molecule has 0 radical (unpaired) electrons. The van der Waals surface area contributed by atoms with Crippen LogP contribution in [0.1, 0.15) is 49.8 Å². The number of hydrogen-bond donors (Lipinski definition) is 0. The highest BCUT2D eigenvalue weighted by molar-refractivity contribution is 7.91. The number of thiophene rings is 1. The number of nitriles is 1. The third-order valence-corrected chi connectivity index (χ3v) is 8.34. The number of hydrogen-bond acceptors (Lipinski definition) is 4. The minimum atomic E-state index is -3.41. The second kappa shape index (κ2) is 5.71. The third-order valence-electron chi connectivity index (χ3n) is 4.98. The van der Waals surface area contributed by atoms with E-state index >= 15 is 0 Å². The summed E-state index contributed by atoms with van der Waals surface area (Å²) in [6.07, 6.45) is 8.42. The van der Waals surface area contributed by atoms with Crippen molar-refractivity contribution in [2.24, 2.45) is 5.41 Å². The quantitative estimate of drug-likeness (QED) is 0.838. The lowest BCUT2D eigenvalue weighted by atomic mass is 9.68. The van der Waals surface area contributed by atoms with Crippen molar-refractivity contribution in [2.75, 3.05) is 13.1 Å². The van der Waals surface area contributed by atoms with Gasteiger partial charge in [0.05, 0.1) is 0 Å². The normalized spacial score (nSPS) is 23.0. The summed E-state index contributed by atoms with van der Waals surface area (Å²) in [6, 6.07) is 5.15. The molecule has 1 aromatic rings.